The van der Waals surface area contributed by atoms with E-state index in [9.17, 15) is 18.4 Å². The second kappa shape index (κ2) is 29.5. The Labute approximate surface area is 348 Å². The van der Waals surface area contributed by atoms with E-state index in [0.29, 0.717) is 12.4 Å². The number of ether oxygens (including phenoxy) is 1. The Morgan fingerprint density at radius 3 is 1.51 bits per heavy atom. The molecule has 3 N–H and O–H groups in total. The van der Waals surface area contributed by atoms with E-state index < -0.39 is 29.1 Å². The van der Waals surface area contributed by atoms with E-state index in [4.69, 9.17) is 20.1 Å². The number of carboxylic acid groups (broad SMARTS) is 2. The Kier molecular flexibility index (Phi) is 35.1. The van der Waals surface area contributed by atoms with Crippen LogP contribution in [-0.4, -0.2) is 39.2 Å². The molecule has 0 unspecified atom stereocenters. The Morgan fingerprint density at radius 2 is 1.16 bits per heavy atom. The number of halogens is 15. The fourth-order valence-electron chi connectivity index (χ4n) is 2.19. The van der Waals surface area contributed by atoms with E-state index in [1.54, 1.807) is 0 Å². The van der Waals surface area contributed by atoms with Crippen molar-refractivity contribution in [1.29, 1.82) is 0 Å². The van der Waals surface area contributed by atoms with Crippen LogP contribution in [0.4, 0.5) is 8.78 Å². The third kappa shape index (κ3) is 22.7. The number of phenolic OH excluding ortho intramolecular Hbond substituents is 1. The molecule has 0 atom stereocenters. The molecule has 0 aromatic heterocycles. The molecule has 0 fully saturated rings. The number of rotatable bonds is 10. The molecular formula is C22H27BrF2I12O6. The van der Waals surface area contributed by atoms with Crippen LogP contribution in [-0.2, 0) is 0 Å². The van der Waals surface area contributed by atoms with Crippen LogP contribution < -0.4 is 4.74 Å². The first-order valence-electron chi connectivity index (χ1n) is 11.0. The topological polar surface area (TPSA) is 104 Å². The number of carbonyl (C=O) groups is 2. The van der Waals surface area contributed by atoms with Crippen molar-refractivity contribution in [2.45, 2.75) is 40.5 Å². The third-order valence-electron chi connectivity index (χ3n) is 3.92. The van der Waals surface area contributed by atoms with Gasteiger partial charge in [0.15, 0.2) is 0 Å². The summed E-state index contributed by atoms with van der Waals surface area (Å²) in [5.41, 5.74) is -0.456. The zero-order chi connectivity index (χ0) is 34.0. The number of hydrogen-bond acceptors (Lipinski definition) is 4. The molecule has 0 bridgehead atoms. The van der Waals surface area contributed by atoms with Gasteiger partial charge in [0.2, 0.25) is 0 Å². The first kappa shape index (κ1) is 51.2. The number of benzene rings is 2. The van der Waals surface area contributed by atoms with Gasteiger partial charge in [-0.3, -0.25) is 0 Å². The zero-order valence-corrected chi connectivity index (χ0v) is 49.8. The molecule has 0 saturated heterocycles. The van der Waals surface area contributed by atoms with Gasteiger partial charge >= 0.3 is 182 Å². The molecule has 21 heteroatoms. The van der Waals surface area contributed by atoms with Gasteiger partial charge in [0.1, 0.15) is 23.1 Å². The number of aromatic carboxylic acids is 2. The fourth-order valence-corrected chi connectivity index (χ4v) is 1260. The van der Waals surface area contributed by atoms with E-state index in [1.165, 1.54) is 38.5 Å². The van der Waals surface area contributed by atoms with Crippen LogP contribution in [0, 0.1) is 25.5 Å². The van der Waals surface area contributed by atoms with E-state index >= 15 is 0 Å². The molecule has 0 aliphatic heterocycles. The number of carboxylic acids is 2. The summed E-state index contributed by atoms with van der Waals surface area (Å²) in [5, 5.41) is 27.3. The molecule has 2 aromatic carbocycles. The minimum absolute atomic E-state index is 0.118. The van der Waals surface area contributed by atoms with E-state index in [1.807, 2.05) is 6.92 Å². The van der Waals surface area contributed by atoms with E-state index in [0.717, 1.165) is 17.8 Å². The fraction of sp³-hybridized carbons (Fsp3) is 0.364. The van der Waals surface area contributed by atoms with Crippen LogP contribution in [0.15, 0.2) is 24.3 Å². The van der Waals surface area contributed by atoms with Crippen molar-refractivity contribution in [2.75, 3.05) is 11.9 Å². The van der Waals surface area contributed by atoms with Crippen molar-refractivity contribution >= 4 is 198 Å². The molecule has 0 aliphatic rings. The first-order chi connectivity index (χ1) is 19.9. The Bertz CT molecular complexity index is 1140. The first-order valence-corrected chi connectivity index (χ1v) is 81.3. The van der Waals surface area contributed by atoms with Crippen LogP contribution in [0.2, 0.25) is 0 Å². The van der Waals surface area contributed by atoms with E-state index in [2.05, 4.69) is 153 Å². The van der Waals surface area contributed by atoms with Crippen LogP contribution in [0.3, 0.4) is 0 Å². The average Bonchev–Trinajstić information content (AvgIpc) is 2.94. The Morgan fingerprint density at radius 1 is 0.767 bits per heavy atom. The second-order valence-corrected chi connectivity index (χ2v) is 252. The molecule has 2 rings (SSSR count). The molecule has 0 spiro atoms. The summed E-state index contributed by atoms with van der Waals surface area (Å²) in [4.78, 5) is 21.1. The van der Waals surface area contributed by atoms with Gasteiger partial charge in [-0.2, -0.15) is 0 Å². The average molecular weight is 2030 g/mol. The maximum absolute atomic E-state index is 13.3. The van der Waals surface area contributed by atoms with Crippen molar-refractivity contribution in [3.8, 4) is 11.5 Å². The molecule has 0 amide bonds. The molecule has 0 radical (unpaired) electrons. The SMILES string of the molecule is CCCBr.CCCOc1cc(C)c(F)c(C(=O)O)c1.Cc1cc(O)cc(C(=O)O)c1F.II(I)I(I)I(I)I(I)I(I)I. The summed E-state index contributed by atoms with van der Waals surface area (Å²) >= 11 is 23.3. The quantitative estimate of drug-likeness (QED) is 0.162. The summed E-state index contributed by atoms with van der Waals surface area (Å²) in [5.74, 6) is -4.02. The standard InChI is InChI=1S/C11H13FO3.C8H7FO3.C3H7Br.I12/c1-3-4-15-8-5-7(2)10(12)9(6-8)11(13)14;1-4-2-5(10)3-6(7(4)9)8(11)12;1-2-3-4;1-8(2)10(5)12(7)11(6)9(3)4/h5-6H,3-4H2,1-2H3,(H,13,14);2-3,10H,1H3,(H,11,12);2-3H2,1H3;. The molecular weight excluding hydrogens is 2000 g/mol. The molecule has 43 heavy (non-hydrogen) atoms. The minimum atomic E-state index is -1.38. The monoisotopic (exact) mass is 2030 g/mol. The van der Waals surface area contributed by atoms with Crippen molar-refractivity contribution < 1.29 is 38.4 Å². The van der Waals surface area contributed by atoms with Gasteiger partial charge in [0.05, 0.1) is 17.7 Å². The van der Waals surface area contributed by atoms with Crippen molar-refractivity contribution in [1.82, 2.24) is 0 Å². The molecule has 256 valence electrons. The van der Waals surface area contributed by atoms with Gasteiger partial charge in [0, 0.05) is 5.33 Å². The number of alkyl halides is 1. The molecule has 0 aliphatic carbocycles. The summed E-state index contributed by atoms with van der Waals surface area (Å²) < 4.78 is 31.5. The van der Waals surface area contributed by atoms with Crippen LogP contribution >= 0.6 is 186 Å². The molecule has 2 aromatic rings. The summed E-state index contributed by atoms with van der Waals surface area (Å²) in [6.45, 7) is 7.47. The number of hydrogen-bond donors (Lipinski definition) is 3. The number of aromatic hydroxyl groups is 1. The molecule has 0 heterocycles. The predicted molar refractivity (Wildman–Crippen MR) is 286 cm³/mol. The Hall–Kier alpha value is 6.08. The van der Waals surface area contributed by atoms with Crippen molar-refractivity contribution in [2.24, 2.45) is 0 Å². The van der Waals surface area contributed by atoms with Gasteiger partial charge in [-0.1, -0.05) is 29.8 Å². The summed E-state index contributed by atoms with van der Waals surface area (Å²) in [7, 11) is -1.71. The van der Waals surface area contributed by atoms with Gasteiger partial charge in [-0.25, -0.2) is 18.4 Å². The van der Waals surface area contributed by atoms with Crippen LogP contribution in [0.1, 0.15) is 58.5 Å². The number of phenols is 1. The van der Waals surface area contributed by atoms with Gasteiger partial charge in [-0.05, 0) is 62.1 Å². The summed E-state index contributed by atoms with van der Waals surface area (Å²) in [6.07, 6.45) is 2.05. The van der Waals surface area contributed by atoms with Gasteiger partial charge < -0.3 is 20.1 Å². The van der Waals surface area contributed by atoms with Gasteiger partial charge in [0.25, 0.3) is 0 Å². The summed E-state index contributed by atoms with van der Waals surface area (Å²) in [6, 6.07) is 4.75. The van der Waals surface area contributed by atoms with Crippen LogP contribution in [0.5, 0.6) is 11.5 Å². The normalized spacial score (nSPS) is 11.6. The number of aryl methyl sites for hydroxylation is 2. The van der Waals surface area contributed by atoms with Gasteiger partial charge in [-0.15, -0.1) is 0 Å². The maximum atomic E-state index is 13.3. The van der Waals surface area contributed by atoms with E-state index in [-0.39, 0.29) is 61.9 Å². The van der Waals surface area contributed by atoms with Crippen LogP contribution in [0.25, 0.3) is 0 Å². The third-order valence-corrected chi connectivity index (χ3v) is 666. The molecule has 6 nitrogen and oxygen atoms in total. The van der Waals surface area contributed by atoms with Crippen molar-refractivity contribution in [3.05, 3.63) is 58.2 Å². The van der Waals surface area contributed by atoms with Crippen molar-refractivity contribution in [3.63, 3.8) is 0 Å². The zero-order valence-electron chi connectivity index (χ0n) is 22.4. The Balaban J connectivity index is 0. The predicted octanol–water partition coefficient (Wildman–Crippen LogP) is 16.6. The molecule has 0 saturated carbocycles. The second-order valence-electron chi connectivity index (χ2n) is 7.18.